The van der Waals surface area contributed by atoms with Crippen molar-refractivity contribution in [1.82, 2.24) is 10.2 Å². The summed E-state index contributed by atoms with van der Waals surface area (Å²) in [5.74, 6) is 3.33. The maximum Gasteiger partial charge on any atom is 0.219 e. The topological polar surface area (TPSA) is 105 Å². The summed E-state index contributed by atoms with van der Waals surface area (Å²) >= 11 is 2.74. The van der Waals surface area contributed by atoms with Crippen LogP contribution in [0.25, 0.3) is 0 Å². The molecule has 1 aliphatic carbocycles. The number of thioether (sulfide) groups is 1. The number of nitriles is 1. The maximum absolute atomic E-state index is 13.1. The first-order valence-electron chi connectivity index (χ1n) is 9.59. The molecule has 2 aliphatic rings. The van der Waals surface area contributed by atoms with Gasteiger partial charge in [0, 0.05) is 23.3 Å². The van der Waals surface area contributed by atoms with E-state index in [-0.39, 0.29) is 11.6 Å². The van der Waals surface area contributed by atoms with Crippen LogP contribution in [0.15, 0.2) is 51.3 Å². The first-order valence-corrected chi connectivity index (χ1v) is 11.4. The Morgan fingerprint density at radius 1 is 1.39 bits per heavy atom. The number of Topliss-reactive ketones (excluding diaryl/α,β-unsaturated/α-hetero) is 1. The van der Waals surface area contributed by atoms with Crippen molar-refractivity contribution in [2.45, 2.75) is 29.5 Å². The Hall–Kier alpha value is -3.27. The molecule has 1 atom stereocenters. The molecule has 4 rings (SSSR count). The number of hydrogen-bond donors (Lipinski definition) is 1. The molecule has 2 aromatic rings. The van der Waals surface area contributed by atoms with Gasteiger partial charge in [-0.3, -0.25) is 9.69 Å². The highest BCUT2D eigenvalue weighted by Gasteiger charge is 2.42. The summed E-state index contributed by atoms with van der Waals surface area (Å²) in [5, 5.41) is 19.0. The third-order valence-electron chi connectivity index (χ3n) is 5.23. The molecular formula is C22H19N5O2S2. The number of hydrogen-bond acceptors (Lipinski definition) is 9. The van der Waals surface area contributed by atoms with Gasteiger partial charge in [-0.1, -0.05) is 47.2 Å². The molecule has 9 heteroatoms. The predicted molar refractivity (Wildman–Crippen MR) is 120 cm³/mol. The van der Waals surface area contributed by atoms with Crippen LogP contribution in [-0.2, 0) is 4.79 Å². The summed E-state index contributed by atoms with van der Waals surface area (Å²) in [6, 6.07) is 9.65. The van der Waals surface area contributed by atoms with E-state index in [1.807, 2.05) is 24.3 Å². The molecule has 1 aromatic carbocycles. The van der Waals surface area contributed by atoms with Gasteiger partial charge in [0.15, 0.2) is 10.1 Å². The standard InChI is InChI=1S/C22H19N5O2S2/c1-3-11-30-22-26-25-21(31-22)27-15-8-6-9-16(28)19(15)18(14(12-23)20(27)24)13-7-4-5-10-17(13)29-2/h1,4-5,7,10,18H,6,8-9,11,24H2,2H3. The average Bonchev–Trinajstić information content (AvgIpc) is 3.25. The molecule has 0 fully saturated rings. The zero-order chi connectivity index (χ0) is 22.0. The van der Waals surface area contributed by atoms with E-state index in [1.54, 1.807) is 12.0 Å². The van der Waals surface area contributed by atoms with Crippen molar-refractivity contribution >= 4 is 34.0 Å². The maximum atomic E-state index is 13.1. The Balaban J connectivity index is 1.90. The van der Waals surface area contributed by atoms with Crippen molar-refractivity contribution < 1.29 is 9.53 Å². The fourth-order valence-corrected chi connectivity index (χ4v) is 5.54. The lowest BCUT2D eigenvalue weighted by Crippen LogP contribution is -2.38. The molecule has 2 N–H and O–H groups in total. The van der Waals surface area contributed by atoms with Gasteiger partial charge in [0.1, 0.15) is 11.6 Å². The number of methoxy groups -OCH3 is 1. The molecule has 0 bridgehead atoms. The third-order valence-corrected chi connectivity index (χ3v) is 7.18. The summed E-state index contributed by atoms with van der Waals surface area (Å²) in [5.41, 5.74) is 8.94. The van der Waals surface area contributed by atoms with Gasteiger partial charge in [0.05, 0.1) is 30.4 Å². The van der Waals surface area contributed by atoms with Crippen molar-refractivity contribution in [3.63, 3.8) is 0 Å². The number of nitrogens with two attached hydrogens (primary N) is 1. The first-order chi connectivity index (χ1) is 15.1. The van der Waals surface area contributed by atoms with E-state index in [1.165, 1.54) is 23.1 Å². The highest BCUT2D eigenvalue weighted by molar-refractivity contribution is 8.01. The van der Waals surface area contributed by atoms with Crippen LogP contribution in [0, 0.1) is 23.7 Å². The van der Waals surface area contributed by atoms with E-state index in [0.29, 0.717) is 51.4 Å². The number of ketones is 1. The average molecular weight is 450 g/mol. The molecule has 7 nitrogen and oxygen atoms in total. The van der Waals surface area contributed by atoms with E-state index in [2.05, 4.69) is 22.2 Å². The highest BCUT2D eigenvalue weighted by Crippen LogP contribution is 2.48. The molecule has 0 saturated heterocycles. The van der Waals surface area contributed by atoms with Crippen LogP contribution in [0.1, 0.15) is 30.7 Å². The zero-order valence-corrected chi connectivity index (χ0v) is 18.4. The van der Waals surface area contributed by atoms with E-state index in [9.17, 15) is 10.1 Å². The Morgan fingerprint density at radius 2 is 2.19 bits per heavy atom. The fourth-order valence-electron chi connectivity index (χ4n) is 3.98. The fraction of sp³-hybridized carbons (Fsp3) is 0.273. The summed E-state index contributed by atoms with van der Waals surface area (Å²) in [4.78, 5) is 14.9. The summed E-state index contributed by atoms with van der Waals surface area (Å²) in [6.45, 7) is 0. The van der Waals surface area contributed by atoms with E-state index >= 15 is 0 Å². The second kappa shape index (κ2) is 8.84. The Morgan fingerprint density at radius 3 is 2.94 bits per heavy atom. The molecule has 0 saturated carbocycles. The highest BCUT2D eigenvalue weighted by atomic mass is 32.2. The number of anilines is 1. The van der Waals surface area contributed by atoms with Crippen LogP contribution < -0.4 is 15.4 Å². The van der Waals surface area contributed by atoms with Gasteiger partial charge in [0.2, 0.25) is 5.13 Å². The summed E-state index contributed by atoms with van der Waals surface area (Å²) in [6.07, 6.45) is 7.12. The SMILES string of the molecule is C#CCSc1nnc(N2C(N)=C(C#N)C(c3ccccc3OC)C3=C2CCCC3=O)s1. The quantitative estimate of drug-likeness (QED) is 0.545. The number of terminal acetylenes is 1. The second-order valence-electron chi connectivity index (χ2n) is 6.90. The van der Waals surface area contributed by atoms with Gasteiger partial charge in [-0.2, -0.15) is 5.26 Å². The number of aromatic nitrogens is 2. The number of carbonyl (C=O) groups excluding carboxylic acids is 1. The van der Waals surface area contributed by atoms with Crippen LogP contribution in [0.4, 0.5) is 5.13 Å². The van der Waals surface area contributed by atoms with Crippen LogP contribution in [-0.4, -0.2) is 28.8 Å². The molecule has 2 heterocycles. The van der Waals surface area contributed by atoms with Crippen molar-refractivity contribution in [1.29, 1.82) is 5.26 Å². The van der Waals surface area contributed by atoms with Gasteiger partial charge < -0.3 is 10.5 Å². The molecule has 31 heavy (non-hydrogen) atoms. The largest absolute Gasteiger partial charge is 0.496 e. The number of ether oxygens (including phenoxy) is 1. The van der Waals surface area contributed by atoms with Crippen molar-refractivity contribution in [2.24, 2.45) is 5.73 Å². The zero-order valence-electron chi connectivity index (χ0n) is 16.8. The minimum Gasteiger partial charge on any atom is -0.496 e. The molecule has 1 aliphatic heterocycles. The van der Waals surface area contributed by atoms with Crippen LogP contribution >= 0.6 is 23.1 Å². The van der Waals surface area contributed by atoms with Crippen LogP contribution in [0.3, 0.4) is 0 Å². The molecule has 0 radical (unpaired) electrons. The minimum absolute atomic E-state index is 0.00820. The lowest BCUT2D eigenvalue weighted by molar-refractivity contribution is -0.116. The number of rotatable bonds is 5. The molecule has 156 valence electrons. The molecule has 0 spiro atoms. The number of benzene rings is 1. The number of carbonyl (C=O) groups is 1. The molecule has 1 aromatic heterocycles. The second-order valence-corrected chi connectivity index (χ2v) is 9.08. The lowest BCUT2D eigenvalue weighted by atomic mass is 9.75. The molecule has 0 amide bonds. The van der Waals surface area contributed by atoms with Gasteiger partial charge >= 0.3 is 0 Å². The lowest BCUT2D eigenvalue weighted by Gasteiger charge is -2.38. The van der Waals surface area contributed by atoms with E-state index in [0.717, 1.165) is 11.3 Å². The third kappa shape index (κ3) is 3.67. The van der Waals surface area contributed by atoms with Gasteiger partial charge in [-0.15, -0.1) is 16.6 Å². The van der Waals surface area contributed by atoms with E-state index < -0.39 is 5.92 Å². The normalized spacial score (nSPS) is 18.5. The smallest absolute Gasteiger partial charge is 0.219 e. The first kappa shape index (κ1) is 21.0. The van der Waals surface area contributed by atoms with Crippen molar-refractivity contribution in [3.8, 4) is 24.2 Å². The summed E-state index contributed by atoms with van der Waals surface area (Å²) in [7, 11) is 1.57. The van der Waals surface area contributed by atoms with E-state index in [4.69, 9.17) is 16.9 Å². The molecular weight excluding hydrogens is 430 g/mol. The van der Waals surface area contributed by atoms with Gasteiger partial charge in [-0.05, 0) is 18.9 Å². The number of para-hydroxylation sites is 1. The van der Waals surface area contributed by atoms with Crippen LogP contribution in [0.5, 0.6) is 5.75 Å². The van der Waals surface area contributed by atoms with Gasteiger partial charge in [-0.25, -0.2) is 0 Å². The Labute approximate surface area is 188 Å². The molecule has 1 unspecified atom stereocenters. The Kier molecular flexibility index (Phi) is 5.99. The van der Waals surface area contributed by atoms with Crippen molar-refractivity contribution in [3.05, 3.63) is 52.5 Å². The summed E-state index contributed by atoms with van der Waals surface area (Å²) < 4.78 is 6.24. The predicted octanol–water partition coefficient (Wildman–Crippen LogP) is 3.58. The van der Waals surface area contributed by atoms with Crippen LogP contribution in [0.2, 0.25) is 0 Å². The monoisotopic (exact) mass is 449 g/mol. The number of nitrogens with zero attached hydrogens (tertiary/aromatic N) is 4. The Bertz CT molecular complexity index is 1180. The van der Waals surface area contributed by atoms with Gasteiger partial charge in [0.25, 0.3) is 0 Å². The van der Waals surface area contributed by atoms with Crippen molar-refractivity contribution in [2.75, 3.05) is 17.8 Å². The minimum atomic E-state index is -0.580. The number of allylic oxidation sites excluding steroid dienone is 3.